The molecule has 1 atom stereocenters. The van der Waals surface area contributed by atoms with Crippen LogP contribution in [0.1, 0.15) is 13.3 Å². The Morgan fingerprint density at radius 3 is 2.57 bits per heavy atom. The second-order valence-electron chi connectivity index (χ2n) is 9.02. The van der Waals surface area contributed by atoms with Crippen molar-refractivity contribution in [2.45, 2.75) is 44.6 Å². The molecule has 2 rings (SSSR count). The summed E-state index contributed by atoms with van der Waals surface area (Å²) in [5.74, 6) is 1.43. The minimum atomic E-state index is -3.76. The van der Waals surface area contributed by atoms with Gasteiger partial charge in [-0.2, -0.15) is 0 Å². The van der Waals surface area contributed by atoms with Gasteiger partial charge in [-0.1, -0.05) is 5.92 Å². The van der Waals surface area contributed by atoms with E-state index < -0.39 is 41.3 Å². The van der Waals surface area contributed by atoms with E-state index in [1.165, 1.54) is 11.2 Å². The molecule has 2 heterocycles. The standard InChI is InChI=1S/C18H30N3O5SSi/c1-6-15-7-9-20(10-8-15)27(24,25)13-18(2)16(22)21(17(23)19-18)14-26-11-12-28(3,4)5/h1,7,28H,8-14H2,2-5H3,(H,19,23)/q-1/t18-/m1/s1. The number of carbonyl (C=O) groups excluding carboxylic acids is 2. The third kappa shape index (κ3) is 5.44. The first kappa shape index (κ1) is 22.6. The van der Waals surface area contributed by atoms with Crippen LogP contribution in [-0.4, -0.2) is 75.4 Å². The van der Waals surface area contributed by atoms with Gasteiger partial charge in [0.15, 0.2) is 0 Å². The summed E-state index contributed by atoms with van der Waals surface area (Å²) < 4.78 is 32.3. The van der Waals surface area contributed by atoms with Gasteiger partial charge in [0.05, 0.1) is 0 Å². The Morgan fingerprint density at radius 1 is 1.36 bits per heavy atom. The van der Waals surface area contributed by atoms with Crippen LogP contribution in [0.5, 0.6) is 0 Å². The average molecular weight is 429 g/mol. The number of hydrogen-bond acceptors (Lipinski definition) is 5. The van der Waals surface area contributed by atoms with Gasteiger partial charge in [0.1, 0.15) is 0 Å². The average Bonchev–Trinajstić information content (AvgIpc) is 2.79. The predicted octanol–water partition coefficient (Wildman–Crippen LogP) is 0.937. The van der Waals surface area contributed by atoms with Crippen molar-refractivity contribution in [3.8, 4) is 12.3 Å². The Morgan fingerprint density at radius 2 is 2.04 bits per heavy atom. The van der Waals surface area contributed by atoms with E-state index in [1.807, 2.05) is 0 Å². The van der Waals surface area contributed by atoms with Crippen molar-refractivity contribution in [2.75, 3.05) is 32.2 Å². The zero-order valence-electron chi connectivity index (χ0n) is 17.0. The molecule has 2 aliphatic heterocycles. The molecule has 0 aromatic heterocycles. The zero-order valence-corrected chi connectivity index (χ0v) is 19.0. The van der Waals surface area contributed by atoms with Gasteiger partial charge in [-0.3, -0.25) is 0 Å². The molecule has 10 heteroatoms. The van der Waals surface area contributed by atoms with Gasteiger partial charge in [-0.15, -0.1) is 6.42 Å². The van der Waals surface area contributed by atoms with Gasteiger partial charge in [0.2, 0.25) is 0 Å². The van der Waals surface area contributed by atoms with Crippen LogP contribution in [0.15, 0.2) is 11.6 Å². The molecule has 2 aliphatic rings. The summed E-state index contributed by atoms with van der Waals surface area (Å²) in [6.07, 6.45) is 7.50. The molecule has 0 aromatic rings. The van der Waals surface area contributed by atoms with E-state index in [0.29, 0.717) is 13.0 Å². The Labute approximate surface area is 168 Å². The summed E-state index contributed by atoms with van der Waals surface area (Å²) in [5.41, 5.74) is -0.749. The summed E-state index contributed by atoms with van der Waals surface area (Å²) in [6.45, 7) is 8.86. The summed E-state index contributed by atoms with van der Waals surface area (Å²) in [6, 6.07) is 0.302. The topological polar surface area (TPSA) is 96.0 Å². The maximum absolute atomic E-state index is 12.8. The quantitative estimate of drug-likeness (QED) is 0.269. The molecule has 0 spiro atoms. The van der Waals surface area contributed by atoms with Crippen LogP contribution in [0, 0.1) is 12.3 Å². The van der Waals surface area contributed by atoms with E-state index in [0.717, 1.165) is 16.5 Å². The summed E-state index contributed by atoms with van der Waals surface area (Å²) in [4.78, 5) is 25.9. The van der Waals surface area contributed by atoms with Gasteiger partial charge < -0.3 is 0 Å². The van der Waals surface area contributed by atoms with Gasteiger partial charge in [-0.05, 0) is 0 Å². The van der Waals surface area contributed by atoms with Crippen molar-refractivity contribution in [1.82, 2.24) is 14.5 Å². The van der Waals surface area contributed by atoms with Crippen LogP contribution < -0.4 is 5.32 Å². The Kier molecular flexibility index (Phi) is 6.76. The second-order valence-corrected chi connectivity index (χ2v) is 17.5. The van der Waals surface area contributed by atoms with Crippen molar-refractivity contribution in [3.63, 3.8) is 0 Å². The van der Waals surface area contributed by atoms with E-state index in [-0.39, 0.29) is 19.8 Å². The normalized spacial score (nSPS) is 24.7. The molecule has 1 saturated heterocycles. The first-order valence-corrected chi connectivity index (χ1v) is 15.4. The molecule has 0 radical (unpaired) electrons. The van der Waals surface area contributed by atoms with Crippen molar-refractivity contribution >= 4 is 30.0 Å². The van der Waals surface area contributed by atoms with Gasteiger partial charge in [0.25, 0.3) is 0 Å². The SMILES string of the molecule is C#CC1=CCN(S(=O)(=O)C[C@@]2(C)NC(=O)N(COCC[SiH-](C)(C)C)C2=O)CC1. The van der Waals surface area contributed by atoms with Gasteiger partial charge in [0, 0.05) is 5.57 Å². The number of urea groups is 1. The molecular formula is C18H30N3O5SSi-. The Bertz CT molecular complexity index is 812. The third-order valence-electron chi connectivity index (χ3n) is 4.92. The number of nitrogens with zero attached hydrogens (tertiary/aromatic N) is 2. The van der Waals surface area contributed by atoms with Crippen molar-refractivity contribution in [2.24, 2.45) is 0 Å². The van der Waals surface area contributed by atoms with Crippen LogP contribution in [0.3, 0.4) is 0 Å². The molecule has 28 heavy (non-hydrogen) atoms. The summed E-state index contributed by atoms with van der Waals surface area (Å²) in [5, 5.41) is 2.52. The fourth-order valence-corrected chi connectivity index (χ4v) is 5.70. The summed E-state index contributed by atoms with van der Waals surface area (Å²) >= 11 is 0. The van der Waals surface area contributed by atoms with Crippen molar-refractivity contribution in [3.05, 3.63) is 11.6 Å². The van der Waals surface area contributed by atoms with E-state index in [4.69, 9.17) is 11.2 Å². The Balaban J connectivity index is 2.00. The fourth-order valence-electron chi connectivity index (χ4n) is 3.05. The predicted molar refractivity (Wildman–Crippen MR) is 111 cm³/mol. The number of rotatable bonds is 8. The van der Waals surface area contributed by atoms with E-state index in [2.05, 4.69) is 30.9 Å². The van der Waals surface area contributed by atoms with Gasteiger partial charge >= 0.3 is 150 Å². The Hall–Kier alpha value is -1.67. The number of nitrogens with one attached hydrogen (secondary N) is 1. The molecule has 0 aliphatic carbocycles. The van der Waals surface area contributed by atoms with Crippen LogP contribution in [0.4, 0.5) is 4.79 Å². The molecule has 0 saturated carbocycles. The van der Waals surface area contributed by atoms with E-state index >= 15 is 0 Å². The molecule has 0 aromatic carbocycles. The number of sulfonamides is 1. The molecule has 8 nitrogen and oxygen atoms in total. The first-order valence-electron chi connectivity index (χ1n) is 9.52. The van der Waals surface area contributed by atoms with Crippen molar-refractivity contribution < 1.29 is 22.7 Å². The molecule has 0 unspecified atom stereocenters. The van der Waals surface area contributed by atoms with E-state index in [9.17, 15) is 18.0 Å². The molecule has 158 valence electrons. The third-order valence-corrected chi connectivity index (χ3v) is 8.94. The fraction of sp³-hybridized carbons (Fsp3) is 0.667. The second kappa shape index (κ2) is 8.37. The number of imide groups is 1. The van der Waals surface area contributed by atoms with Crippen LogP contribution in [0.2, 0.25) is 25.7 Å². The monoisotopic (exact) mass is 428 g/mol. The molecule has 1 N–H and O–H groups in total. The number of hydrogen-bond donors (Lipinski definition) is 1. The molecule has 3 amide bonds. The van der Waals surface area contributed by atoms with Gasteiger partial charge in [-0.25, -0.2) is 0 Å². The van der Waals surface area contributed by atoms with Crippen LogP contribution in [0.25, 0.3) is 0 Å². The number of terminal acetylenes is 1. The zero-order chi connectivity index (χ0) is 21.2. The number of amides is 3. The van der Waals surface area contributed by atoms with Crippen molar-refractivity contribution in [1.29, 1.82) is 0 Å². The number of carbonyl (C=O) groups is 2. The van der Waals surface area contributed by atoms with Crippen LogP contribution in [-0.2, 0) is 19.6 Å². The van der Waals surface area contributed by atoms with Crippen LogP contribution >= 0.6 is 0 Å². The molecule has 1 fully saturated rings. The minimum absolute atomic E-state index is 0.171. The first-order chi connectivity index (χ1) is 12.9. The summed E-state index contributed by atoms with van der Waals surface area (Å²) in [7, 11) is -5.31. The molecular weight excluding hydrogens is 398 g/mol. The maximum atomic E-state index is 12.8. The molecule has 0 bridgehead atoms. The van der Waals surface area contributed by atoms with E-state index in [1.54, 1.807) is 6.08 Å². The number of ether oxygens (including phenoxy) is 1.